The third-order valence-corrected chi connectivity index (χ3v) is 12.1. The summed E-state index contributed by atoms with van der Waals surface area (Å²) in [4.78, 5) is 52.5. The molecule has 2 fully saturated rings. The van der Waals surface area contributed by atoms with Gasteiger partial charge in [-0.3, -0.25) is 9.59 Å². The first-order valence-electron chi connectivity index (χ1n) is 19.4. The van der Waals surface area contributed by atoms with Crippen molar-refractivity contribution in [2.24, 2.45) is 5.92 Å². The smallest absolute Gasteiger partial charge is 0.416 e. The molecule has 1 aliphatic carbocycles. The average molecular weight is 824 g/mol. The maximum Gasteiger partial charge on any atom is 0.416 e. The van der Waals surface area contributed by atoms with Crippen molar-refractivity contribution in [2.75, 3.05) is 19.0 Å². The molecule has 0 radical (unpaired) electrons. The minimum absolute atomic E-state index is 0.0261. The van der Waals surface area contributed by atoms with Crippen molar-refractivity contribution in [2.45, 2.75) is 102 Å². The highest BCUT2D eigenvalue weighted by Gasteiger charge is 2.61. The summed E-state index contributed by atoms with van der Waals surface area (Å²) in [5.41, 5.74) is -0.201. The van der Waals surface area contributed by atoms with E-state index in [0.717, 1.165) is 23.4 Å². The Morgan fingerprint density at radius 2 is 1.90 bits per heavy atom. The van der Waals surface area contributed by atoms with Gasteiger partial charge in [-0.15, -0.1) is 11.3 Å². The van der Waals surface area contributed by atoms with Crippen molar-refractivity contribution in [3.05, 3.63) is 76.6 Å². The van der Waals surface area contributed by atoms with Crippen LogP contribution in [0.5, 0.6) is 11.5 Å². The number of hydrogen-bond donors (Lipinski definition) is 3. The van der Waals surface area contributed by atoms with Gasteiger partial charge >= 0.3 is 12.1 Å². The van der Waals surface area contributed by atoms with Gasteiger partial charge in [-0.05, 0) is 68.9 Å². The topological polar surface area (TPSA) is 143 Å². The van der Waals surface area contributed by atoms with Gasteiger partial charge in [-0.1, -0.05) is 38.8 Å². The fraction of sp³-hybridized carbons (Fsp3) is 0.452. The van der Waals surface area contributed by atoms with Crippen molar-refractivity contribution in [3.63, 3.8) is 0 Å². The van der Waals surface area contributed by atoms with Crippen molar-refractivity contribution in [1.82, 2.24) is 20.2 Å². The van der Waals surface area contributed by atoms with Gasteiger partial charge < -0.3 is 30.1 Å². The summed E-state index contributed by atoms with van der Waals surface area (Å²) in [6.07, 6.45) is 0.901. The van der Waals surface area contributed by atoms with Gasteiger partial charge in [0.2, 0.25) is 11.8 Å². The van der Waals surface area contributed by atoms with E-state index in [-0.39, 0.29) is 37.4 Å². The maximum absolute atomic E-state index is 14.7. The summed E-state index contributed by atoms with van der Waals surface area (Å²) in [7, 11) is 1.56. The number of aryl methyl sites for hydroxylation is 1. The average Bonchev–Trinajstić information content (AvgIpc) is 3.45. The van der Waals surface area contributed by atoms with Crippen LogP contribution in [0.1, 0.15) is 81.5 Å². The summed E-state index contributed by atoms with van der Waals surface area (Å²) >= 11 is 1.44. The number of carboxylic acids is 1. The van der Waals surface area contributed by atoms with Crippen LogP contribution < -0.4 is 20.1 Å². The number of nitrogens with one attached hydrogen (secondary N) is 2. The van der Waals surface area contributed by atoms with E-state index in [1.54, 1.807) is 25.3 Å². The highest BCUT2D eigenvalue weighted by Crippen LogP contribution is 2.46. The Kier molecular flexibility index (Phi) is 11.4. The number of methoxy groups -OCH3 is 1. The molecule has 2 aliphatic heterocycles. The first-order valence-corrected chi connectivity index (χ1v) is 20.2. The largest absolute Gasteiger partial charge is 0.496 e. The summed E-state index contributed by atoms with van der Waals surface area (Å²) in [6, 6.07) is 5.04. The van der Waals surface area contributed by atoms with Crippen molar-refractivity contribution >= 4 is 45.7 Å². The number of allylic oxidation sites excluding steroid dienone is 1. The van der Waals surface area contributed by atoms with E-state index in [0.29, 0.717) is 64.9 Å². The van der Waals surface area contributed by atoms with E-state index < -0.39 is 65.0 Å². The predicted molar refractivity (Wildman–Crippen MR) is 210 cm³/mol. The number of pyridine rings is 1. The van der Waals surface area contributed by atoms with Gasteiger partial charge in [0.15, 0.2) is 0 Å². The molecule has 3 aliphatic rings. The van der Waals surface area contributed by atoms with Gasteiger partial charge in [0.1, 0.15) is 51.7 Å². The molecule has 2 aromatic carbocycles. The Morgan fingerprint density at radius 3 is 2.60 bits per heavy atom. The van der Waals surface area contributed by atoms with Crippen LogP contribution in [0.15, 0.2) is 53.9 Å². The minimum Gasteiger partial charge on any atom is -0.496 e. The monoisotopic (exact) mass is 823 g/mol. The summed E-state index contributed by atoms with van der Waals surface area (Å²) < 4.78 is 67.9. The van der Waals surface area contributed by atoms with Crippen LogP contribution in [0.2, 0.25) is 0 Å². The van der Waals surface area contributed by atoms with Crippen molar-refractivity contribution < 1.29 is 46.5 Å². The molecular formula is C42H45F4N5O6S. The van der Waals surface area contributed by atoms with Gasteiger partial charge in [0, 0.05) is 40.4 Å². The standard InChI is InChI=1S/C42H45F4N5O6S/c1-22(2)32-21-58-38(49-32)31-18-35(29-12-13-34(56-4)23(3)36(29)48-31)57-28-17-33-37(52)50-41(40(54)55)19-24(41)10-8-6-5-7-9-11-30(39(53)51(33)20-28)47-27-15-25(42(44,45)46)14-26(43)16-27/h8,10,12-16,18,21-22,24,28,30,33,47H,5-7,9,11,17,19-20H2,1-4H3,(H,50,52)(H,54,55)/b10-8-/t24-,28-,30+,33+,41-/m1/s1. The number of halogens is 4. The number of hydrogen-bond acceptors (Lipinski definition) is 9. The van der Waals surface area contributed by atoms with Crippen LogP contribution in [0.4, 0.5) is 23.2 Å². The fourth-order valence-electron chi connectivity index (χ4n) is 7.84. The zero-order valence-corrected chi connectivity index (χ0v) is 33.3. The SMILES string of the molecule is COc1ccc2c(O[C@@H]3C[C@H]4C(=O)N[C@]5(C(=O)O)C[C@H]5/C=C\CCCCC[C@H](Nc5cc(F)cc(C(F)(F)F)c5)C(=O)N4C3)cc(-c3nc(C(C)C)cs3)nc2c1C. The predicted octanol–water partition coefficient (Wildman–Crippen LogP) is 8.27. The number of thiazole rings is 1. The Hall–Kier alpha value is -5.25. The van der Waals surface area contributed by atoms with Crippen LogP contribution in [-0.2, 0) is 20.6 Å². The van der Waals surface area contributed by atoms with Crippen LogP contribution in [0.25, 0.3) is 21.6 Å². The summed E-state index contributed by atoms with van der Waals surface area (Å²) in [6.45, 7) is 5.85. The van der Waals surface area contributed by atoms with E-state index in [1.165, 1.54) is 16.2 Å². The Bertz CT molecular complexity index is 2260. The highest BCUT2D eigenvalue weighted by molar-refractivity contribution is 7.13. The number of nitrogens with zero attached hydrogens (tertiary/aromatic N) is 3. The third kappa shape index (κ3) is 8.34. The molecule has 7 rings (SSSR count). The zero-order chi connectivity index (χ0) is 41.5. The number of alkyl halides is 3. The lowest BCUT2D eigenvalue weighted by molar-refractivity contribution is -0.145. The van der Waals surface area contributed by atoms with Crippen LogP contribution in [0, 0.1) is 18.7 Å². The number of fused-ring (bicyclic) bond motifs is 3. The molecule has 58 heavy (non-hydrogen) atoms. The number of carboxylic acid groups (broad SMARTS) is 1. The molecule has 0 unspecified atom stereocenters. The van der Waals surface area contributed by atoms with Gasteiger partial charge in [0.05, 0.1) is 30.4 Å². The first-order chi connectivity index (χ1) is 27.6. The van der Waals surface area contributed by atoms with Crippen LogP contribution in [0.3, 0.4) is 0 Å². The number of benzene rings is 2. The van der Waals surface area contributed by atoms with E-state index in [1.807, 2.05) is 38.3 Å². The number of ether oxygens (including phenoxy) is 2. The van der Waals surface area contributed by atoms with E-state index in [2.05, 4.69) is 10.6 Å². The Morgan fingerprint density at radius 1 is 1.10 bits per heavy atom. The van der Waals surface area contributed by atoms with E-state index in [4.69, 9.17) is 19.4 Å². The lowest BCUT2D eigenvalue weighted by atomic mass is 10.0. The van der Waals surface area contributed by atoms with E-state index in [9.17, 15) is 37.1 Å². The number of aromatic nitrogens is 2. The molecule has 4 aromatic rings. The van der Waals surface area contributed by atoms with Crippen molar-refractivity contribution in [3.8, 4) is 22.2 Å². The van der Waals surface area contributed by atoms with Crippen LogP contribution >= 0.6 is 11.3 Å². The zero-order valence-electron chi connectivity index (χ0n) is 32.5. The second kappa shape index (κ2) is 16.2. The minimum atomic E-state index is -4.84. The second-order valence-electron chi connectivity index (χ2n) is 15.6. The number of anilines is 1. The lowest BCUT2D eigenvalue weighted by Gasteiger charge is -2.30. The highest BCUT2D eigenvalue weighted by atomic mass is 32.1. The molecular weight excluding hydrogens is 779 g/mol. The molecule has 5 atom stereocenters. The normalized spacial score (nSPS) is 24.7. The molecule has 3 N–H and O–H groups in total. The molecule has 11 nitrogen and oxygen atoms in total. The third-order valence-electron chi connectivity index (χ3n) is 11.2. The number of rotatable bonds is 8. The van der Waals surface area contributed by atoms with Crippen molar-refractivity contribution in [1.29, 1.82) is 0 Å². The number of amides is 2. The fourth-order valence-corrected chi connectivity index (χ4v) is 8.78. The Balaban J connectivity index is 1.26. The number of carbonyl (C=O) groups is 3. The molecule has 0 spiro atoms. The lowest BCUT2D eigenvalue weighted by Crippen LogP contribution is -2.55. The van der Waals surface area contributed by atoms with E-state index >= 15 is 0 Å². The molecule has 0 bridgehead atoms. The summed E-state index contributed by atoms with van der Waals surface area (Å²) in [5.74, 6) is -2.86. The van der Waals surface area contributed by atoms with Gasteiger partial charge in [0.25, 0.3) is 0 Å². The van der Waals surface area contributed by atoms with Gasteiger partial charge in [-0.25, -0.2) is 19.2 Å². The molecule has 1 saturated heterocycles. The molecule has 4 heterocycles. The molecule has 2 aromatic heterocycles. The molecule has 2 amide bonds. The number of carbonyl (C=O) groups excluding carboxylic acids is 2. The first kappa shape index (κ1) is 40.9. The molecule has 308 valence electrons. The quantitative estimate of drug-likeness (QED) is 0.118. The number of aliphatic carboxylic acids is 1. The second-order valence-corrected chi connectivity index (χ2v) is 16.4. The summed E-state index contributed by atoms with van der Waals surface area (Å²) in [5, 5.41) is 19.1. The molecule has 1 saturated carbocycles. The maximum atomic E-state index is 14.7. The Labute approximate surface area is 336 Å². The van der Waals surface area contributed by atoms with Crippen LogP contribution in [-0.4, -0.2) is 75.1 Å². The molecule has 16 heteroatoms. The van der Waals surface area contributed by atoms with Gasteiger partial charge in [-0.2, -0.15) is 13.2 Å².